The van der Waals surface area contributed by atoms with Crippen LogP contribution >= 0.6 is 0 Å². The fourth-order valence-corrected chi connectivity index (χ4v) is 2.21. The fraction of sp³-hybridized carbons (Fsp3) is 0.111. The third-order valence-electron chi connectivity index (χ3n) is 3.27. The molecule has 1 aromatic heterocycles. The topological polar surface area (TPSA) is 64.4 Å². The van der Waals surface area contributed by atoms with Gasteiger partial charge in [0.1, 0.15) is 12.1 Å². The number of aromatic nitrogens is 1. The Bertz CT molecular complexity index is 868. The quantitative estimate of drug-likeness (QED) is 0.719. The standard InChI is InChI=1S/C18H16N2O3/c1-3-10-22-18(21)20-14-7-5-4-6-13(14)17-19-15-11-12(2)8-9-16(15)23-17/h3-9,11H,1,10H2,2H3,(H,20,21). The Labute approximate surface area is 133 Å². The first-order valence-electron chi connectivity index (χ1n) is 7.18. The third-order valence-corrected chi connectivity index (χ3v) is 3.27. The van der Waals surface area contributed by atoms with Crippen molar-refractivity contribution in [2.45, 2.75) is 6.92 Å². The van der Waals surface area contributed by atoms with Crippen LogP contribution in [0.3, 0.4) is 0 Å². The maximum absolute atomic E-state index is 11.7. The van der Waals surface area contributed by atoms with Gasteiger partial charge in [-0.1, -0.05) is 30.9 Å². The summed E-state index contributed by atoms with van der Waals surface area (Å²) in [7, 11) is 0. The zero-order valence-electron chi connectivity index (χ0n) is 12.7. The van der Waals surface area contributed by atoms with Gasteiger partial charge in [-0.05, 0) is 36.8 Å². The lowest BCUT2D eigenvalue weighted by molar-refractivity contribution is 0.174. The summed E-state index contributed by atoms with van der Waals surface area (Å²) in [5, 5.41) is 2.69. The van der Waals surface area contributed by atoms with E-state index < -0.39 is 6.09 Å². The molecule has 0 saturated carbocycles. The molecular formula is C18H16N2O3. The number of anilines is 1. The van der Waals surface area contributed by atoms with Gasteiger partial charge in [0.2, 0.25) is 5.89 Å². The third kappa shape index (κ3) is 3.23. The number of para-hydroxylation sites is 1. The predicted molar refractivity (Wildman–Crippen MR) is 89.3 cm³/mol. The van der Waals surface area contributed by atoms with Crippen LogP contribution in [-0.2, 0) is 4.74 Å². The number of nitrogens with zero attached hydrogens (tertiary/aromatic N) is 1. The molecule has 116 valence electrons. The van der Waals surface area contributed by atoms with E-state index in [1.165, 1.54) is 6.08 Å². The first-order chi connectivity index (χ1) is 11.2. The number of benzene rings is 2. The lowest BCUT2D eigenvalue weighted by atomic mass is 10.2. The summed E-state index contributed by atoms with van der Waals surface area (Å²) in [4.78, 5) is 16.2. The van der Waals surface area contributed by atoms with Crippen molar-refractivity contribution in [1.29, 1.82) is 0 Å². The van der Waals surface area contributed by atoms with E-state index in [1.807, 2.05) is 43.3 Å². The molecule has 2 aromatic carbocycles. The van der Waals surface area contributed by atoms with Gasteiger partial charge in [-0.25, -0.2) is 9.78 Å². The van der Waals surface area contributed by atoms with Crippen LogP contribution in [0.2, 0.25) is 0 Å². The van der Waals surface area contributed by atoms with Gasteiger partial charge >= 0.3 is 6.09 Å². The van der Waals surface area contributed by atoms with E-state index in [9.17, 15) is 4.79 Å². The maximum atomic E-state index is 11.7. The Morgan fingerprint density at radius 2 is 2.17 bits per heavy atom. The molecule has 0 atom stereocenters. The van der Waals surface area contributed by atoms with Gasteiger partial charge in [0.15, 0.2) is 5.58 Å². The number of carbonyl (C=O) groups is 1. The lowest BCUT2D eigenvalue weighted by Gasteiger charge is -2.08. The molecular weight excluding hydrogens is 292 g/mol. The van der Waals surface area contributed by atoms with Crippen LogP contribution in [0, 0.1) is 6.92 Å². The van der Waals surface area contributed by atoms with Crippen LogP contribution in [0.4, 0.5) is 10.5 Å². The number of carbonyl (C=O) groups excluding carboxylic acids is 1. The molecule has 5 heteroatoms. The van der Waals surface area contributed by atoms with Crippen LogP contribution in [-0.4, -0.2) is 17.7 Å². The summed E-state index contributed by atoms with van der Waals surface area (Å²) < 4.78 is 10.7. The first-order valence-corrected chi connectivity index (χ1v) is 7.18. The second-order valence-electron chi connectivity index (χ2n) is 5.05. The van der Waals surface area contributed by atoms with Crippen molar-refractivity contribution in [1.82, 2.24) is 4.98 Å². The number of hydrogen-bond donors (Lipinski definition) is 1. The molecule has 0 saturated heterocycles. The number of ether oxygens (including phenoxy) is 1. The van der Waals surface area contributed by atoms with Crippen LogP contribution in [0.1, 0.15) is 5.56 Å². The van der Waals surface area contributed by atoms with E-state index >= 15 is 0 Å². The minimum atomic E-state index is -0.552. The first kappa shape index (κ1) is 14.8. The average Bonchev–Trinajstić information content (AvgIpc) is 2.96. The number of oxazole rings is 1. The van der Waals surface area contributed by atoms with Gasteiger partial charge in [0.25, 0.3) is 0 Å². The number of aryl methyl sites for hydroxylation is 1. The van der Waals surface area contributed by atoms with E-state index in [4.69, 9.17) is 9.15 Å². The number of fused-ring (bicyclic) bond motifs is 1. The summed E-state index contributed by atoms with van der Waals surface area (Å²) in [6, 6.07) is 13.1. The summed E-state index contributed by atoms with van der Waals surface area (Å²) in [5.41, 5.74) is 3.86. The normalized spacial score (nSPS) is 10.5. The molecule has 3 rings (SSSR count). The monoisotopic (exact) mass is 308 g/mol. The van der Waals surface area contributed by atoms with Crippen molar-refractivity contribution >= 4 is 22.9 Å². The van der Waals surface area contributed by atoms with Crippen LogP contribution in [0.5, 0.6) is 0 Å². The second-order valence-corrected chi connectivity index (χ2v) is 5.05. The van der Waals surface area contributed by atoms with E-state index in [1.54, 1.807) is 6.07 Å². The van der Waals surface area contributed by atoms with E-state index in [0.29, 0.717) is 22.7 Å². The summed E-state index contributed by atoms with van der Waals surface area (Å²) >= 11 is 0. The molecule has 0 aliphatic rings. The molecule has 3 aromatic rings. The molecule has 1 N–H and O–H groups in total. The minimum Gasteiger partial charge on any atom is -0.445 e. The van der Waals surface area contributed by atoms with Gasteiger partial charge in [-0.3, -0.25) is 5.32 Å². The number of amides is 1. The Hall–Kier alpha value is -3.08. The highest BCUT2D eigenvalue weighted by Gasteiger charge is 2.14. The predicted octanol–water partition coefficient (Wildman–Crippen LogP) is 4.54. The Kier molecular flexibility index (Phi) is 4.10. The second kappa shape index (κ2) is 6.36. The lowest BCUT2D eigenvalue weighted by Crippen LogP contribution is -2.14. The van der Waals surface area contributed by atoms with Crippen molar-refractivity contribution < 1.29 is 13.9 Å². The maximum Gasteiger partial charge on any atom is 0.411 e. The molecule has 0 unspecified atom stereocenters. The molecule has 0 fully saturated rings. The summed E-state index contributed by atoms with van der Waals surface area (Å²) in [6.07, 6.45) is 0.957. The summed E-state index contributed by atoms with van der Waals surface area (Å²) in [6.45, 7) is 5.65. The highest BCUT2D eigenvalue weighted by atomic mass is 16.5. The smallest absolute Gasteiger partial charge is 0.411 e. The molecule has 1 amide bonds. The molecule has 5 nitrogen and oxygen atoms in total. The summed E-state index contributed by atoms with van der Waals surface area (Å²) in [5.74, 6) is 0.449. The van der Waals surface area contributed by atoms with Crippen molar-refractivity contribution in [3.05, 3.63) is 60.7 Å². The SMILES string of the molecule is C=CCOC(=O)Nc1ccccc1-c1nc2cc(C)ccc2o1. The minimum absolute atomic E-state index is 0.149. The fourth-order valence-electron chi connectivity index (χ4n) is 2.21. The molecule has 0 bridgehead atoms. The molecule has 0 aliphatic carbocycles. The Morgan fingerprint density at radius 3 is 3.00 bits per heavy atom. The van der Waals surface area contributed by atoms with E-state index in [2.05, 4.69) is 16.9 Å². The zero-order valence-corrected chi connectivity index (χ0v) is 12.7. The zero-order chi connectivity index (χ0) is 16.2. The molecule has 0 radical (unpaired) electrons. The Balaban J connectivity index is 1.95. The van der Waals surface area contributed by atoms with Crippen molar-refractivity contribution in [3.8, 4) is 11.5 Å². The van der Waals surface area contributed by atoms with Crippen LogP contribution < -0.4 is 5.32 Å². The highest BCUT2D eigenvalue weighted by molar-refractivity contribution is 5.91. The van der Waals surface area contributed by atoms with Crippen molar-refractivity contribution in [3.63, 3.8) is 0 Å². The highest BCUT2D eigenvalue weighted by Crippen LogP contribution is 2.30. The van der Waals surface area contributed by atoms with Gasteiger partial charge in [-0.2, -0.15) is 0 Å². The van der Waals surface area contributed by atoms with Crippen molar-refractivity contribution in [2.24, 2.45) is 0 Å². The van der Waals surface area contributed by atoms with Gasteiger partial charge < -0.3 is 9.15 Å². The molecule has 0 spiro atoms. The molecule has 1 heterocycles. The average molecular weight is 308 g/mol. The number of hydrogen-bond acceptors (Lipinski definition) is 4. The largest absolute Gasteiger partial charge is 0.445 e. The van der Waals surface area contributed by atoms with Crippen molar-refractivity contribution in [2.75, 3.05) is 11.9 Å². The van der Waals surface area contributed by atoms with E-state index in [0.717, 1.165) is 11.1 Å². The van der Waals surface area contributed by atoms with E-state index in [-0.39, 0.29) is 6.61 Å². The van der Waals surface area contributed by atoms with Gasteiger partial charge in [0.05, 0.1) is 11.3 Å². The molecule has 23 heavy (non-hydrogen) atoms. The van der Waals surface area contributed by atoms with Gasteiger partial charge in [-0.15, -0.1) is 0 Å². The van der Waals surface area contributed by atoms with Crippen LogP contribution in [0.25, 0.3) is 22.6 Å². The van der Waals surface area contributed by atoms with Crippen LogP contribution in [0.15, 0.2) is 59.5 Å². The number of rotatable bonds is 4. The number of nitrogens with one attached hydrogen (secondary N) is 1. The van der Waals surface area contributed by atoms with Gasteiger partial charge in [0, 0.05) is 0 Å². The Morgan fingerprint density at radius 1 is 1.35 bits per heavy atom. The molecule has 0 aliphatic heterocycles.